The molecule has 1 unspecified atom stereocenters. The van der Waals surface area contributed by atoms with Gasteiger partial charge in [0.15, 0.2) is 0 Å². The Morgan fingerprint density at radius 3 is 2.56 bits per heavy atom. The number of aliphatic hydroxyl groups is 1. The van der Waals surface area contributed by atoms with E-state index in [9.17, 15) is 5.11 Å². The van der Waals surface area contributed by atoms with Crippen molar-refractivity contribution >= 4 is 24.0 Å². The van der Waals surface area contributed by atoms with E-state index in [2.05, 4.69) is 0 Å². The maximum absolute atomic E-state index is 10.1. The summed E-state index contributed by atoms with van der Waals surface area (Å²) in [5.41, 5.74) is 6.98. The van der Waals surface area contributed by atoms with Crippen LogP contribution in [0.4, 0.5) is 0 Å². The zero-order valence-corrected chi connectivity index (χ0v) is 12.0. The van der Waals surface area contributed by atoms with E-state index in [1.807, 2.05) is 24.3 Å². The van der Waals surface area contributed by atoms with Crippen LogP contribution in [0.5, 0.6) is 0 Å². The Morgan fingerprint density at radius 2 is 1.94 bits per heavy atom. The average Bonchev–Trinajstić information content (AvgIpc) is 2.34. The molecule has 2 rings (SSSR count). The van der Waals surface area contributed by atoms with Crippen molar-refractivity contribution in [3.63, 3.8) is 0 Å². The second-order valence-corrected chi connectivity index (χ2v) is 5.29. The molecule has 0 amide bonds. The molecule has 0 spiro atoms. The average molecular weight is 290 g/mol. The van der Waals surface area contributed by atoms with Crippen molar-refractivity contribution in [2.24, 2.45) is 11.7 Å². The Labute approximate surface area is 120 Å². The molecule has 102 valence electrons. The Morgan fingerprint density at radius 1 is 1.28 bits per heavy atom. The van der Waals surface area contributed by atoms with E-state index < -0.39 is 0 Å². The topological polar surface area (TPSA) is 46.2 Å². The van der Waals surface area contributed by atoms with Crippen molar-refractivity contribution in [2.75, 3.05) is 6.54 Å². The first-order chi connectivity index (χ1) is 8.24. The molecular formula is C14H21Cl2NO. The van der Waals surface area contributed by atoms with Crippen LogP contribution in [0.2, 0.25) is 5.02 Å². The molecule has 1 aliphatic carbocycles. The molecule has 3 atom stereocenters. The number of halogens is 2. The Balaban J connectivity index is 0.00000162. The van der Waals surface area contributed by atoms with Gasteiger partial charge in [-0.3, -0.25) is 0 Å². The van der Waals surface area contributed by atoms with Gasteiger partial charge in [0.05, 0.1) is 6.10 Å². The molecule has 3 N–H and O–H groups in total. The first-order valence-corrected chi connectivity index (χ1v) is 6.74. The highest BCUT2D eigenvalue weighted by Gasteiger charge is 2.31. The zero-order chi connectivity index (χ0) is 12.3. The molecule has 0 aromatic heterocycles. The van der Waals surface area contributed by atoms with Gasteiger partial charge in [0.1, 0.15) is 0 Å². The van der Waals surface area contributed by atoms with Crippen LogP contribution < -0.4 is 5.73 Å². The van der Waals surface area contributed by atoms with Gasteiger partial charge in [-0.15, -0.1) is 12.4 Å². The third-order valence-corrected chi connectivity index (χ3v) is 4.20. The highest BCUT2D eigenvalue weighted by molar-refractivity contribution is 6.31. The van der Waals surface area contributed by atoms with Gasteiger partial charge in [0.25, 0.3) is 0 Å². The second kappa shape index (κ2) is 7.34. The molecule has 0 aliphatic heterocycles. The molecular weight excluding hydrogens is 269 g/mol. The van der Waals surface area contributed by atoms with E-state index in [0.717, 1.165) is 29.8 Å². The van der Waals surface area contributed by atoms with Crippen LogP contribution in [0.1, 0.15) is 37.2 Å². The van der Waals surface area contributed by atoms with Crippen molar-refractivity contribution in [3.05, 3.63) is 34.9 Å². The maximum Gasteiger partial charge on any atom is 0.0574 e. The molecule has 0 heterocycles. The fraction of sp³-hybridized carbons (Fsp3) is 0.571. The fourth-order valence-electron chi connectivity index (χ4n) is 2.92. The van der Waals surface area contributed by atoms with E-state index in [0.29, 0.717) is 6.54 Å². The third kappa shape index (κ3) is 3.39. The lowest BCUT2D eigenvalue weighted by molar-refractivity contribution is 0.0561. The summed E-state index contributed by atoms with van der Waals surface area (Å²) in [7, 11) is 0. The number of hydrogen-bond donors (Lipinski definition) is 2. The summed E-state index contributed by atoms with van der Waals surface area (Å²) in [5.74, 6) is 0.438. The molecule has 18 heavy (non-hydrogen) atoms. The van der Waals surface area contributed by atoms with Crippen molar-refractivity contribution in [1.29, 1.82) is 0 Å². The van der Waals surface area contributed by atoms with E-state index in [1.54, 1.807) is 0 Å². The quantitative estimate of drug-likeness (QED) is 0.896. The molecule has 0 saturated heterocycles. The number of benzene rings is 1. The summed E-state index contributed by atoms with van der Waals surface area (Å²) >= 11 is 6.23. The molecule has 0 radical (unpaired) electrons. The van der Waals surface area contributed by atoms with E-state index in [-0.39, 0.29) is 30.3 Å². The smallest absolute Gasteiger partial charge is 0.0574 e. The zero-order valence-electron chi connectivity index (χ0n) is 10.4. The lowest BCUT2D eigenvalue weighted by Gasteiger charge is -2.34. The summed E-state index contributed by atoms with van der Waals surface area (Å²) < 4.78 is 0. The molecule has 0 bridgehead atoms. The normalized spacial score (nSPS) is 25.3. The lowest BCUT2D eigenvalue weighted by atomic mass is 9.75. The summed E-state index contributed by atoms with van der Waals surface area (Å²) in [6, 6.07) is 7.84. The predicted octanol–water partition coefficient (Wildman–Crippen LogP) is 3.36. The van der Waals surface area contributed by atoms with Gasteiger partial charge in [-0.05, 0) is 36.9 Å². The minimum atomic E-state index is -0.228. The molecule has 4 heteroatoms. The summed E-state index contributed by atoms with van der Waals surface area (Å²) in [6.45, 7) is 0.547. The first-order valence-electron chi connectivity index (χ1n) is 6.36. The van der Waals surface area contributed by atoms with Gasteiger partial charge in [0.2, 0.25) is 0 Å². The first kappa shape index (κ1) is 15.8. The van der Waals surface area contributed by atoms with Crippen molar-refractivity contribution < 1.29 is 5.11 Å². The number of aliphatic hydroxyl groups excluding tert-OH is 1. The molecule has 1 fully saturated rings. The van der Waals surface area contributed by atoms with Gasteiger partial charge in [0, 0.05) is 10.9 Å². The number of nitrogens with two attached hydrogens (primary N) is 1. The third-order valence-electron chi connectivity index (χ3n) is 3.86. The number of rotatable bonds is 3. The summed E-state index contributed by atoms with van der Waals surface area (Å²) in [4.78, 5) is 0. The monoisotopic (exact) mass is 289 g/mol. The van der Waals surface area contributed by atoms with Crippen molar-refractivity contribution in [3.8, 4) is 0 Å². The van der Waals surface area contributed by atoms with Crippen LogP contribution in [0.3, 0.4) is 0 Å². The number of hydrogen-bond acceptors (Lipinski definition) is 2. The highest BCUT2D eigenvalue weighted by Crippen LogP contribution is 2.38. The van der Waals surface area contributed by atoms with E-state index >= 15 is 0 Å². The van der Waals surface area contributed by atoms with Crippen LogP contribution in [-0.2, 0) is 0 Å². The van der Waals surface area contributed by atoms with Crippen LogP contribution in [-0.4, -0.2) is 17.8 Å². The lowest BCUT2D eigenvalue weighted by Crippen LogP contribution is -2.33. The van der Waals surface area contributed by atoms with Crippen LogP contribution in [0.25, 0.3) is 0 Å². The fourth-order valence-corrected chi connectivity index (χ4v) is 3.19. The maximum atomic E-state index is 10.1. The van der Waals surface area contributed by atoms with Gasteiger partial charge in [-0.2, -0.15) is 0 Å². The van der Waals surface area contributed by atoms with E-state index in [4.69, 9.17) is 17.3 Å². The van der Waals surface area contributed by atoms with Crippen LogP contribution >= 0.6 is 24.0 Å². The standard InChI is InChI=1S/C14H20ClNO.ClH/c15-13-7-3-1-5-10(13)12(9-16)11-6-2-4-8-14(11)17;/h1,3,5,7,11-12,14,17H,2,4,6,8-9,16H2;1H/t11-,12?,14-;/m0./s1. The van der Waals surface area contributed by atoms with Gasteiger partial charge in [-0.25, -0.2) is 0 Å². The van der Waals surface area contributed by atoms with Gasteiger partial charge >= 0.3 is 0 Å². The largest absolute Gasteiger partial charge is 0.393 e. The minimum absolute atomic E-state index is 0. The predicted molar refractivity (Wildman–Crippen MR) is 78.5 cm³/mol. The SMILES string of the molecule is Cl.NCC(c1ccccc1Cl)[C@@H]1CCCC[C@@H]1O. The highest BCUT2D eigenvalue weighted by atomic mass is 35.5. The Bertz CT molecular complexity index is 373. The van der Waals surface area contributed by atoms with Crippen molar-refractivity contribution in [1.82, 2.24) is 0 Å². The molecule has 2 nitrogen and oxygen atoms in total. The minimum Gasteiger partial charge on any atom is -0.393 e. The van der Waals surface area contributed by atoms with Gasteiger partial charge < -0.3 is 10.8 Å². The van der Waals surface area contributed by atoms with Gasteiger partial charge in [-0.1, -0.05) is 42.6 Å². The molecule has 1 aliphatic rings. The summed E-state index contributed by atoms with van der Waals surface area (Å²) in [6.07, 6.45) is 4.02. The molecule has 1 aromatic rings. The van der Waals surface area contributed by atoms with Crippen LogP contribution in [0, 0.1) is 5.92 Å². The molecule has 1 saturated carbocycles. The second-order valence-electron chi connectivity index (χ2n) is 4.88. The Hall–Kier alpha value is -0.280. The van der Waals surface area contributed by atoms with E-state index in [1.165, 1.54) is 6.42 Å². The Kier molecular flexibility index (Phi) is 6.44. The van der Waals surface area contributed by atoms with Crippen molar-refractivity contribution in [2.45, 2.75) is 37.7 Å². The molecule has 1 aromatic carbocycles. The summed E-state index contributed by atoms with van der Waals surface area (Å²) in [5, 5.41) is 10.9. The van der Waals surface area contributed by atoms with Crippen LogP contribution in [0.15, 0.2) is 24.3 Å².